The van der Waals surface area contributed by atoms with Gasteiger partial charge in [0.2, 0.25) is 0 Å². The van der Waals surface area contributed by atoms with Crippen molar-refractivity contribution in [3.63, 3.8) is 0 Å². The van der Waals surface area contributed by atoms with Gasteiger partial charge in [0.25, 0.3) is 0 Å². The molecular weight excluding hydrogens is 126 g/mol. The molecular formula is C4H11NO2S. The fourth-order valence-electron chi connectivity index (χ4n) is 0.238. The molecule has 0 aliphatic carbocycles. The summed E-state index contributed by atoms with van der Waals surface area (Å²) < 4.78 is 12.8. The minimum Gasteiger partial charge on any atom is -0.392 e. The van der Waals surface area contributed by atoms with Gasteiger partial charge in [-0.1, -0.05) is 0 Å². The van der Waals surface area contributed by atoms with E-state index in [1.165, 1.54) is 6.26 Å². The lowest BCUT2D eigenvalue weighted by Crippen LogP contribution is -2.25. The fraction of sp³-hybridized carbons (Fsp3) is 1.00. The summed E-state index contributed by atoms with van der Waals surface area (Å²) in [4.78, 5) is 0. The Balaban J connectivity index is 3.05. The molecule has 0 spiro atoms. The van der Waals surface area contributed by atoms with Gasteiger partial charge in [0.1, 0.15) is 0 Å². The van der Waals surface area contributed by atoms with E-state index < -0.39 is 17.1 Å². The molecule has 50 valence electrons. The van der Waals surface area contributed by atoms with Gasteiger partial charge in [0.05, 0.1) is 17.1 Å². The molecule has 0 heterocycles. The van der Waals surface area contributed by atoms with E-state index in [4.69, 9.17) is 5.11 Å². The van der Waals surface area contributed by atoms with Gasteiger partial charge in [-0.15, -0.1) is 0 Å². The van der Waals surface area contributed by atoms with Crippen molar-refractivity contribution in [1.82, 2.24) is 4.72 Å². The highest BCUT2D eigenvalue weighted by Gasteiger charge is 1.93. The van der Waals surface area contributed by atoms with Crippen LogP contribution in [0.3, 0.4) is 0 Å². The third-order valence-electron chi connectivity index (χ3n) is 0.582. The second-order valence-electron chi connectivity index (χ2n) is 1.65. The molecule has 0 aromatic heterocycles. The van der Waals surface area contributed by atoms with E-state index in [9.17, 15) is 4.21 Å². The highest BCUT2D eigenvalue weighted by molar-refractivity contribution is 7.82. The number of hydrogen-bond acceptors (Lipinski definition) is 2. The molecule has 0 fully saturated rings. The number of nitrogens with one attached hydrogen (secondary N) is 1. The molecule has 4 heteroatoms. The van der Waals surface area contributed by atoms with Crippen molar-refractivity contribution in [2.45, 2.75) is 13.0 Å². The standard InChI is InChI=1S/C4H11NO2S/c1-4(6)3-5-8(2)7/h4-6H,3H2,1-2H3. The molecule has 0 radical (unpaired) electrons. The van der Waals surface area contributed by atoms with Crippen molar-refractivity contribution in [3.8, 4) is 0 Å². The number of rotatable bonds is 3. The summed E-state index contributed by atoms with van der Waals surface area (Å²) in [6.07, 6.45) is 1.11. The van der Waals surface area contributed by atoms with Gasteiger partial charge in [0, 0.05) is 12.8 Å². The summed E-state index contributed by atoms with van der Waals surface area (Å²) in [7, 11) is -0.996. The second kappa shape index (κ2) is 4.00. The van der Waals surface area contributed by atoms with E-state index in [0.717, 1.165) is 0 Å². The minimum atomic E-state index is -0.996. The lowest BCUT2D eigenvalue weighted by Gasteiger charge is -2.01. The average Bonchev–Trinajstić information content (AvgIpc) is 1.61. The van der Waals surface area contributed by atoms with Gasteiger partial charge in [-0.3, -0.25) is 0 Å². The lowest BCUT2D eigenvalue weighted by atomic mass is 10.4. The van der Waals surface area contributed by atoms with Gasteiger partial charge in [0.15, 0.2) is 0 Å². The van der Waals surface area contributed by atoms with E-state index in [0.29, 0.717) is 6.54 Å². The summed E-state index contributed by atoms with van der Waals surface area (Å²) in [5, 5.41) is 8.60. The molecule has 0 aromatic rings. The van der Waals surface area contributed by atoms with E-state index in [2.05, 4.69) is 4.72 Å². The summed E-state index contributed by atoms with van der Waals surface area (Å²) >= 11 is 0. The Labute approximate surface area is 51.7 Å². The zero-order valence-electron chi connectivity index (χ0n) is 5.05. The number of aliphatic hydroxyl groups is 1. The van der Waals surface area contributed by atoms with Gasteiger partial charge in [-0.2, -0.15) is 0 Å². The Hall–Kier alpha value is 0.0700. The summed E-state index contributed by atoms with van der Waals surface area (Å²) in [6, 6.07) is 0. The highest BCUT2D eigenvalue weighted by atomic mass is 32.2. The smallest absolute Gasteiger partial charge is 0.0884 e. The number of aliphatic hydroxyl groups excluding tert-OH is 1. The van der Waals surface area contributed by atoms with Gasteiger partial charge in [-0.25, -0.2) is 8.93 Å². The molecule has 0 bridgehead atoms. The van der Waals surface area contributed by atoms with Crippen LogP contribution in [0.4, 0.5) is 0 Å². The third kappa shape index (κ3) is 6.07. The first-order valence-electron chi connectivity index (χ1n) is 2.38. The summed E-state index contributed by atoms with van der Waals surface area (Å²) in [6.45, 7) is 2.03. The van der Waals surface area contributed by atoms with E-state index in [-0.39, 0.29) is 0 Å². The molecule has 3 nitrogen and oxygen atoms in total. The van der Waals surface area contributed by atoms with Crippen LogP contribution in [0.1, 0.15) is 6.92 Å². The monoisotopic (exact) mass is 137 g/mol. The summed E-state index contributed by atoms with van der Waals surface area (Å²) in [5.41, 5.74) is 0. The zero-order chi connectivity index (χ0) is 6.57. The molecule has 0 aliphatic heterocycles. The first-order valence-corrected chi connectivity index (χ1v) is 3.93. The van der Waals surface area contributed by atoms with Crippen LogP contribution in [0.2, 0.25) is 0 Å². The first kappa shape index (κ1) is 8.07. The maximum Gasteiger partial charge on any atom is 0.0884 e. The maximum atomic E-state index is 10.2. The fourth-order valence-corrected chi connectivity index (χ4v) is 0.714. The van der Waals surface area contributed by atoms with Crippen LogP contribution in [-0.4, -0.2) is 28.2 Å². The summed E-state index contributed by atoms with van der Waals surface area (Å²) in [5.74, 6) is 0. The Kier molecular flexibility index (Phi) is 4.03. The SMILES string of the molecule is CC(O)CNS(C)=O. The predicted octanol–water partition coefficient (Wildman–Crippen LogP) is -0.750. The van der Waals surface area contributed by atoms with Crippen molar-refractivity contribution in [2.24, 2.45) is 0 Å². The van der Waals surface area contributed by atoms with Crippen molar-refractivity contribution in [3.05, 3.63) is 0 Å². The maximum absolute atomic E-state index is 10.2. The molecule has 0 saturated heterocycles. The van der Waals surface area contributed by atoms with E-state index in [1.54, 1.807) is 6.92 Å². The normalized spacial score (nSPS) is 17.9. The molecule has 8 heavy (non-hydrogen) atoms. The molecule has 2 unspecified atom stereocenters. The Bertz CT molecular complexity index is 84.1. The first-order chi connectivity index (χ1) is 3.63. The largest absolute Gasteiger partial charge is 0.392 e. The minimum absolute atomic E-state index is 0.392. The topological polar surface area (TPSA) is 49.3 Å². The molecule has 0 saturated carbocycles. The van der Waals surface area contributed by atoms with Crippen LogP contribution >= 0.6 is 0 Å². The molecule has 0 rings (SSSR count). The van der Waals surface area contributed by atoms with Crippen LogP contribution < -0.4 is 4.72 Å². The molecule has 0 amide bonds. The second-order valence-corrected chi connectivity index (χ2v) is 2.85. The third-order valence-corrected chi connectivity index (χ3v) is 1.16. The zero-order valence-corrected chi connectivity index (χ0v) is 5.86. The number of hydrogen-bond donors (Lipinski definition) is 2. The lowest BCUT2D eigenvalue weighted by molar-refractivity contribution is 0.199. The quantitative estimate of drug-likeness (QED) is 0.537. The highest BCUT2D eigenvalue weighted by Crippen LogP contribution is 1.74. The van der Waals surface area contributed by atoms with Crippen molar-refractivity contribution in [1.29, 1.82) is 0 Å². The van der Waals surface area contributed by atoms with Crippen LogP contribution in [0.25, 0.3) is 0 Å². The predicted molar refractivity (Wildman–Crippen MR) is 33.7 cm³/mol. The Morgan fingerprint density at radius 3 is 2.50 bits per heavy atom. The van der Waals surface area contributed by atoms with Gasteiger partial charge >= 0.3 is 0 Å². The molecule has 2 N–H and O–H groups in total. The van der Waals surface area contributed by atoms with E-state index in [1.807, 2.05) is 0 Å². The molecule has 0 aromatic carbocycles. The molecule has 0 aliphatic rings. The van der Waals surface area contributed by atoms with Crippen molar-refractivity contribution in [2.75, 3.05) is 12.8 Å². The molecule has 2 atom stereocenters. The van der Waals surface area contributed by atoms with Crippen molar-refractivity contribution >= 4 is 11.0 Å². The van der Waals surface area contributed by atoms with Crippen LogP contribution in [-0.2, 0) is 11.0 Å². The van der Waals surface area contributed by atoms with Crippen molar-refractivity contribution < 1.29 is 9.32 Å². The van der Waals surface area contributed by atoms with E-state index >= 15 is 0 Å². The van der Waals surface area contributed by atoms with Gasteiger partial charge in [-0.05, 0) is 6.92 Å². The Morgan fingerprint density at radius 1 is 1.88 bits per heavy atom. The average molecular weight is 137 g/mol. The van der Waals surface area contributed by atoms with Crippen LogP contribution in [0.15, 0.2) is 0 Å². The Morgan fingerprint density at radius 2 is 2.38 bits per heavy atom. The van der Waals surface area contributed by atoms with Gasteiger partial charge < -0.3 is 5.11 Å². The van der Waals surface area contributed by atoms with Crippen LogP contribution in [0.5, 0.6) is 0 Å². The van der Waals surface area contributed by atoms with Crippen LogP contribution in [0, 0.1) is 0 Å².